The molecule has 2 fully saturated rings. The molecule has 6 atom stereocenters. The maximum Gasteiger partial charge on any atom is 0.328 e. The van der Waals surface area contributed by atoms with Crippen molar-refractivity contribution >= 4 is 64.5 Å². The Hall–Kier alpha value is -11.9. The van der Waals surface area contributed by atoms with Crippen molar-refractivity contribution in [1.29, 1.82) is 0 Å². The van der Waals surface area contributed by atoms with Gasteiger partial charge in [-0.25, -0.2) is 19.4 Å². The van der Waals surface area contributed by atoms with E-state index in [0.717, 1.165) is 63.9 Å². The Kier molecular flexibility index (Phi) is 20.7. The number of rotatable bonds is 17. The molecule has 12 aromatic rings. The van der Waals surface area contributed by atoms with Crippen LogP contribution in [0, 0.1) is 13.8 Å². The first-order valence-corrected chi connectivity index (χ1v) is 38.2. The zero-order valence-corrected chi connectivity index (χ0v) is 62.4. The normalized spacial score (nSPS) is 18.7. The number of carboxylic acids is 3. The molecule has 3 aromatic heterocycles. The molecule has 5 aliphatic rings. The van der Waals surface area contributed by atoms with E-state index in [1.807, 2.05) is 86.0 Å². The lowest BCUT2D eigenvalue weighted by Crippen LogP contribution is -2.42. The smallest absolute Gasteiger partial charge is 0.328 e. The molecular weight excluding hydrogens is 1360 g/mol. The van der Waals surface area contributed by atoms with Crippen LogP contribution < -0.4 is 14.7 Å². The SMILES string of the molecule is CC1Cc2cc(-c3cn[nH]c3)ccc2C(c2ccc(/C=C/C(=O)O)cc2)N1c1ccc(C2CC2)cc1.Cc1ccc(N2[C@H](c3ccc(/C=C/C(=O)O)cc3)c3ccc(-c4cnn(C)c4)cc3C[C@H]2C)cc1.Cc1ncc(-c2ccc3c(c2)CC(C)N(c2ccc(C4CC4)cc2)C3c2ccc(/C=C/C(=O)O)cc2)s1. The van der Waals surface area contributed by atoms with E-state index in [9.17, 15) is 14.4 Å². The maximum atomic E-state index is 11.0. The van der Waals surface area contributed by atoms with Gasteiger partial charge in [-0.05, 0) is 247 Å². The summed E-state index contributed by atoms with van der Waals surface area (Å²) in [6.45, 7) is 11.1. The second-order valence-electron chi connectivity index (χ2n) is 29.5. The Morgan fingerprint density at radius 2 is 0.806 bits per heavy atom. The van der Waals surface area contributed by atoms with E-state index in [2.05, 4.69) is 226 Å². The molecule has 542 valence electrons. The lowest BCUT2D eigenvalue weighted by Gasteiger charge is -2.44. The molecule has 17 rings (SSSR count). The van der Waals surface area contributed by atoms with Crippen LogP contribution in [0.4, 0.5) is 17.1 Å². The number of aromatic amines is 1. The van der Waals surface area contributed by atoms with Crippen molar-refractivity contribution in [3.63, 3.8) is 0 Å². The third-order valence-corrected chi connectivity index (χ3v) is 22.7. The third-order valence-electron chi connectivity index (χ3n) is 21.7. The molecule has 4 N–H and O–H groups in total. The fraction of sp³-hybridized carbons (Fsp3) is 0.226. The van der Waals surface area contributed by atoms with Crippen molar-refractivity contribution < 1.29 is 29.7 Å². The van der Waals surface area contributed by atoms with E-state index < -0.39 is 17.9 Å². The van der Waals surface area contributed by atoms with Crippen molar-refractivity contribution in [3.8, 4) is 32.7 Å². The topological polar surface area (TPSA) is 181 Å². The minimum Gasteiger partial charge on any atom is -0.478 e. The molecule has 0 saturated heterocycles. The van der Waals surface area contributed by atoms with Crippen LogP contribution in [0.3, 0.4) is 0 Å². The van der Waals surface area contributed by atoms with Crippen LogP contribution in [-0.2, 0) is 40.7 Å². The number of nitrogens with zero attached hydrogens (tertiary/aromatic N) is 7. The first kappa shape index (κ1) is 71.7. The predicted octanol–water partition coefficient (Wildman–Crippen LogP) is 20.3. The second-order valence-corrected chi connectivity index (χ2v) is 30.8. The number of aryl methyl sites for hydroxylation is 3. The highest BCUT2D eigenvalue weighted by Crippen LogP contribution is 2.48. The third kappa shape index (κ3) is 16.1. The van der Waals surface area contributed by atoms with Gasteiger partial charge in [0.05, 0.1) is 40.4 Å². The summed E-state index contributed by atoms with van der Waals surface area (Å²) in [4.78, 5) is 46.1. The molecule has 0 spiro atoms. The molecule has 2 saturated carbocycles. The van der Waals surface area contributed by atoms with Gasteiger partial charge < -0.3 is 30.0 Å². The zero-order valence-electron chi connectivity index (χ0n) is 61.6. The summed E-state index contributed by atoms with van der Waals surface area (Å²) in [6, 6.07) is 73.4. The number of aromatic nitrogens is 5. The lowest BCUT2D eigenvalue weighted by molar-refractivity contribution is -0.132. The van der Waals surface area contributed by atoms with Crippen molar-refractivity contribution in [2.45, 2.75) is 128 Å². The van der Waals surface area contributed by atoms with Crippen LogP contribution >= 0.6 is 11.3 Å². The highest BCUT2D eigenvalue weighted by Gasteiger charge is 2.38. The minimum absolute atomic E-state index is 0.0527. The Labute approximate surface area is 635 Å². The molecule has 0 radical (unpaired) electrons. The van der Waals surface area contributed by atoms with Gasteiger partial charge in [0.2, 0.25) is 0 Å². The second kappa shape index (κ2) is 31.2. The van der Waals surface area contributed by atoms with Crippen LogP contribution in [0.15, 0.2) is 249 Å². The summed E-state index contributed by atoms with van der Waals surface area (Å²) >= 11 is 1.73. The van der Waals surface area contributed by atoms with E-state index in [1.54, 1.807) is 29.6 Å². The molecular formula is C93H88N8O6S. The first-order valence-electron chi connectivity index (χ1n) is 37.4. The van der Waals surface area contributed by atoms with E-state index in [-0.39, 0.29) is 18.1 Å². The number of H-pyrrole nitrogens is 1. The number of hydrogen-bond donors (Lipinski definition) is 4. The van der Waals surface area contributed by atoms with Crippen LogP contribution in [-0.4, -0.2) is 76.3 Å². The van der Waals surface area contributed by atoms with Gasteiger partial charge in [-0.2, -0.15) is 10.2 Å². The molecule has 6 heterocycles. The number of nitrogens with one attached hydrogen (secondary N) is 1. The number of thiazole rings is 1. The fourth-order valence-electron chi connectivity index (χ4n) is 16.1. The number of fused-ring (bicyclic) bond motifs is 3. The Balaban J connectivity index is 0.000000129. The van der Waals surface area contributed by atoms with Crippen LogP contribution in [0.2, 0.25) is 0 Å². The van der Waals surface area contributed by atoms with Gasteiger partial charge in [0.15, 0.2) is 0 Å². The summed E-state index contributed by atoms with van der Waals surface area (Å²) in [5, 5.41) is 39.4. The molecule has 2 aliphatic carbocycles. The van der Waals surface area contributed by atoms with Crippen molar-refractivity contribution in [3.05, 3.63) is 338 Å². The highest BCUT2D eigenvalue weighted by atomic mass is 32.1. The number of anilines is 3. The standard InChI is InChI=1S/C32H30N2O2S.C31H29N3O2.C30H29N3O2/c1-20-17-27-18-26(30-19-33-21(2)37-30)12-15-29(27)32(25-6-3-22(4-7-25)5-16-31(35)36)34(20)28-13-10-24(11-14-28)23-8-9-23;1-20-16-26-17-25(27-18-32-33-19-27)11-14-29(26)31(24-5-2-21(3-6-24)4-15-30(35)36)34(20)28-12-9-23(10-13-28)22-7-8-22;1-20-4-12-27(13-5-20)33-21(2)16-25-17-24(26-18-31-32(3)19-26)11-14-28(25)30(33)23-9-6-22(7-10-23)8-15-29(34)35/h3-7,10-16,18-20,23,32H,8-9,17H2,1-2H3,(H,35,36);2-6,9-15,17-20,22,31H,7-8,16H2,1H3,(H,32,33)(H,35,36);4-15,17-19,21,30H,16H2,1-3H3,(H,34,35)/b16-5+;15-4+;15-8+/t;;21-,30-/m..1/s1. The Bertz CT molecular complexity index is 5310. The van der Waals surface area contributed by atoms with Gasteiger partial charge in [-0.15, -0.1) is 11.3 Å². The fourth-order valence-corrected chi connectivity index (χ4v) is 16.9. The first-order chi connectivity index (χ1) is 52.4. The summed E-state index contributed by atoms with van der Waals surface area (Å²) in [5.41, 5.74) is 27.8. The van der Waals surface area contributed by atoms with Crippen molar-refractivity contribution in [2.24, 2.45) is 7.05 Å². The molecule has 108 heavy (non-hydrogen) atoms. The van der Waals surface area contributed by atoms with E-state index in [4.69, 9.17) is 15.3 Å². The predicted molar refractivity (Wildman–Crippen MR) is 435 cm³/mol. The molecule has 0 bridgehead atoms. The monoisotopic (exact) mass is 1440 g/mol. The average molecular weight is 1450 g/mol. The highest BCUT2D eigenvalue weighted by molar-refractivity contribution is 7.15. The summed E-state index contributed by atoms with van der Waals surface area (Å²) in [6.07, 6.45) is 26.3. The maximum absolute atomic E-state index is 11.0. The van der Waals surface area contributed by atoms with Gasteiger partial charge in [0, 0.05) is 90.2 Å². The lowest BCUT2D eigenvalue weighted by atomic mass is 9.83. The van der Waals surface area contributed by atoms with Gasteiger partial charge in [-0.3, -0.25) is 9.78 Å². The molecule has 4 unspecified atom stereocenters. The van der Waals surface area contributed by atoms with E-state index in [0.29, 0.717) is 18.1 Å². The molecule has 15 heteroatoms. The van der Waals surface area contributed by atoms with Gasteiger partial charge in [-0.1, -0.05) is 163 Å². The summed E-state index contributed by atoms with van der Waals surface area (Å²) in [5.74, 6) is -1.35. The number of aliphatic carboxylic acids is 3. The van der Waals surface area contributed by atoms with E-state index in [1.165, 1.54) is 149 Å². The van der Waals surface area contributed by atoms with Gasteiger partial charge in [0.25, 0.3) is 0 Å². The quantitative estimate of drug-likeness (QED) is 0.0635. The molecule has 3 aliphatic heterocycles. The number of carbonyl (C=O) groups is 3. The minimum atomic E-state index is -0.945. The average Bonchev–Trinajstić information content (AvgIpc) is 1.12. The van der Waals surface area contributed by atoms with Gasteiger partial charge >= 0.3 is 17.9 Å². The Morgan fingerprint density at radius 1 is 0.435 bits per heavy atom. The number of carboxylic acid groups (broad SMARTS) is 3. The summed E-state index contributed by atoms with van der Waals surface area (Å²) < 4.78 is 1.83. The molecule has 14 nitrogen and oxygen atoms in total. The van der Waals surface area contributed by atoms with Crippen LogP contribution in [0.5, 0.6) is 0 Å². The van der Waals surface area contributed by atoms with Crippen LogP contribution in [0.25, 0.3) is 50.9 Å². The number of hydrogen-bond acceptors (Lipinski definition) is 10. The zero-order chi connectivity index (χ0) is 74.7. The molecule has 9 aromatic carbocycles. The summed E-state index contributed by atoms with van der Waals surface area (Å²) in [7, 11) is 1.94. The molecule has 0 amide bonds. The Morgan fingerprint density at radius 3 is 1.15 bits per heavy atom. The van der Waals surface area contributed by atoms with Crippen molar-refractivity contribution in [2.75, 3.05) is 14.7 Å². The number of benzene rings is 9. The van der Waals surface area contributed by atoms with E-state index >= 15 is 0 Å². The van der Waals surface area contributed by atoms with Gasteiger partial charge in [0.1, 0.15) is 0 Å². The van der Waals surface area contributed by atoms with Crippen molar-refractivity contribution in [1.82, 2.24) is 25.0 Å². The van der Waals surface area contributed by atoms with Crippen LogP contribution in [0.1, 0.15) is 165 Å². The largest absolute Gasteiger partial charge is 0.478 e.